The summed E-state index contributed by atoms with van der Waals surface area (Å²) < 4.78 is 6.87. The van der Waals surface area contributed by atoms with Gasteiger partial charge < -0.3 is 15.4 Å². The van der Waals surface area contributed by atoms with Gasteiger partial charge >= 0.3 is 0 Å². The van der Waals surface area contributed by atoms with E-state index in [1.165, 1.54) is 24.8 Å². The number of halogens is 1. The maximum Gasteiger partial charge on any atom is 0.0701 e. The molecule has 2 unspecified atom stereocenters. The topological polar surface area (TPSA) is 38.5 Å². The van der Waals surface area contributed by atoms with Crippen molar-refractivity contribution in [2.24, 2.45) is 5.73 Å². The van der Waals surface area contributed by atoms with Crippen LogP contribution in [-0.4, -0.2) is 37.7 Å². The van der Waals surface area contributed by atoms with E-state index >= 15 is 0 Å². The highest BCUT2D eigenvalue weighted by molar-refractivity contribution is 9.10. The normalized spacial score (nSPS) is 21.1. The highest BCUT2D eigenvalue weighted by Crippen LogP contribution is 2.19. The Morgan fingerprint density at radius 1 is 1.45 bits per heavy atom. The van der Waals surface area contributed by atoms with Crippen molar-refractivity contribution in [2.75, 3.05) is 26.7 Å². The first kappa shape index (κ1) is 16.0. The summed E-state index contributed by atoms with van der Waals surface area (Å²) in [6.45, 7) is 2.95. The SMILES string of the molecule is CN(CCC(N)c1cccc(Br)c1)CC1CCCCO1. The van der Waals surface area contributed by atoms with E-state index in [4.69, 9.17) is 10.5 Å². The van der Waals surface area contributed by atoms with Gasteiger partial charge in [-0.2, -0.15) is 0 Å². The van der Waals surface area contributed by atoms with E-state index in [0.29, 0.717) is 6.10 Å². The summed E-state index contributed by atoms with van der Waals surface area (Å²) in [5.41, 5.74) is 7.46. The van der Waals surface area contributed by atoms with Crippen molar-refractivity contribution in [3.05, 3.63) is 34.3 Å². The van der Waals surface area contributed by atoms with Gasteiger partial charge in [0.05, 0.1) is 6.10 Å². The number of likely N-dealkylation sites (N-methyl/N-ethyl adjacent to an activating group) is 1. The maximum atomic E-state index is 6.27. The van der Waals surface area contributed by atoms with Crippen LogP contribution in [0.25, 0.3) is 0 Å². The van der Waals surface area contributed by atoms with Crippen LogP contribution in [0.15, 0.2) is 28.7 Å². The molecule has 1 fully saturated rings. The number of rotatable bonds is 6. The molecule has 2 N–H and O–H groups in total. The van der Waals surface area contributed by atoms with Crippen LogP contribution in [0.4, 0.5) is 0 Å². The van der Waals surface area contributed by atoms with Gasteiger partial charge in [0.15, 0.2) is 0 Å². The molecule has 112 valence electrons. The van der Waals surface area contributed by atoms with Gasteiger partial charge in [0, 0.05) is 23.7 Å². The summed E-state index contributed by atoms with van der Waals surface area (Å²) in [4.78, 5) is 2.34. The Labute approximate surface area is 130 Å². The predicted octanol–water partition coefficient (Wildman–Crippen LogP) is 3.34. The van der Waals surface area contributed by atoms with Gasteiger partial charge in [-0.1, -0.05) is 28.1 Å². The lowest BCUT2D eigenvalue weighted by Crippen LogP contribution is -2.34. The Balaban J connectivity index is 1.73. The van der Waals surface area contributed by atoms with Crippen molar-refractivity contribution in [1.29, 1.82) is 0 Å². The number of hydrogen-bond acceptors (Lipinski definition) is 3. The molecule has 20 heavy (non-hydrogen) atoms. The van der Waals surface area contributed by atoms with Crippen LogP contribution in [0.3, 0.4) is 0 Å². The zero-order valence-electron chi connectivity index (χ0n) is 12.2. The van der Waals surface area contributed by atoms with Gasteiger partial charge in [-0.3, -0.25) is 0 Å². The average molecular weight is 341 g/mol. The summed E-state index contributed by atoms with van der Waals surface area (Å²) in [5, 5.41) is 0. The lowest BCUT2D eigenvalue weighted by atomic mass is 10.0. The fourth-order valence-electron chi connectivity index (χ4n) is 2.65. The summed E-state index contributed by atoms with van der Waals surface area (Å²) in [6.07, 6.45) is 5.10. The van der Waals surface area contributed by atoms with Gasteiger partial charge in [-0.25, -0.2) is 0 Å². The van der Waals surface area contributed by atoms with Gasteiger partial charge in [0.2, 0.25) is 0 Å². The fraction of sp³-hybridized carbons (Fsp3) is 0.625. The molecule has 1 saturated heterocycles. The summed E-state index contributed by atoms with van der Waals surface area (Å²) >= 11 is 3.49. The van der Waals surface area contributed by atoms with Gasteiger partial charge in [0.25, 0.3) is 0 Å². The Morgan fingerprint density at radius 3 is 3.00 bits per heavy atom. The van der Waals surface area contributed by atoms with E-state index in [9.17, 15) is 0 Å². The summed E-state index contributed by atoms with van der Waals surface area (Å²) in [7, 11) is 2.16. The minimum atomic E-state index is 0.0993. The van der Waals surface area contributed by atoms with Gasteiger partial charge in [-0.15, -0.1) is 0 Å². The quantitative estimate of drug-likeness (QED) is 0.862. The third-order valence-electron chi connectivity index (χ3n) is 3.89. The minimum absolute atomic E-state index is 0.0993. The van der Waals surface area contributed by atoms with Crippen LogP contribution in [-0.2, 0) is 4.74 Å². The Kier molecular flexibility index (Phi) is 6.49. The molecule has 1 aliphatic rings. The number of ether oxygens (including phenoxy) is 1. The van der Waals surface area contributed by atoms with Crippen molar-refractivity contribution in [1.82, 2.24) is 4.90 Å². The highest BCUT2D eigenvalue weighted by Gasteiger charge is 2.16. The molecule has 0 saturated carbocycles. The number of nitrogens with two attached hydrogens (primary N) is 1. The number of hydrogen-bond donors (Lipinski definition) is 1. The second-order valence-electron chi connectivity index (χ2n) is 5.70. The molecule has 0 aromatic heterocycles. The zero-order valence-corrected chi connectivity index (χ0v) is 13.8. The molecule has 3 nitrogen and oxygen atoms in total. The second kappa shape index (κ2) is 8.13. The predicted molar refractivity (Wildman–Crippen MR) is 86.8 cm³/mol. The third-order valence-corrected chi connectivity index (χ3v) is 4.38. The molecule has 1 heterocycles. The number of benzene rings is 1. The third kappa shape index (κ3) is 5.17. The lowest BCUT2D eigenvalue weighted by molar-refractivity contribution is -0.00175. The molecule has 2 atom stereocenters. The van der Waals surface area contributed by atoms with E-state index in [1.54, 1.807) is 0 Å². The van der Waals surface area contributed by atoms with Crippen LogP contribution in [0.5, 0.6) is 0 Å². The molecular weight excluding hydrogens is 316 g/mol. The standard InChI is InChI=1S/C16H25BrN2O/c1-19(12-15-7-2-3-10-20-15)9-8-16(18)13-5-4-6-14(17)11-13/h4-6,11,15-16H,2-3,7-10,12,18H2,1H3. The van der Waals surface area contributed by atoms with E-state index in [0.717, 1.165) is 30.6 Å². The van der Waals surface area contributed by atoms with Crippen molar-refractivity contribution < 1.29 is 4.74 Å². The van der Waals surface area contributed by atoms with Crippen LogP contribution in [0.1, 0.15) is 37.3 Å². The Hall–Kier alpha value is -0.420. The first-order valence-corrected chi connectivity index (χ1v) is 8.25. The molecular formula is C16H25BrN2O. The molecule has 0 radical (unpaired) electrons. The first-order valence-electron chi connectivity index (χ1n) is 7.46. The van der Waals surface area contributed by atoms with E-state index < -0.39 is 0 Å². The molecule has 0 aliphatic carbocycles. The molecule has 1 aromatic carbocycles. The van der Waals surface area contributed by atoms with Crippen molar-refractivity contribution >= 4 is 15.9 Å². The Bertz CT molecular complexity index is 407. The van der Waals surface area contributed by atoms with Crippen LogP contribution in [0, 0.1) is 0 Å². The summed E-state index contributed by atoms with van der Waals surface area (Å²) in [5.74, 6) is 0. The Morgan fingerprint density at radius 2 is 2.30 bits per heavy atom. The van der Waals surface area contributed by atoms with Crippen LogP contribution < -0.4 is 5.73 Å². The molecule has 1 aliphatic heterocycles. The monoisotopic (exact) mass is 340 g/mol. The zero-order chi connectivity index (χ0) is 14.4. The fourth-order valence-corrected chi connectivity index (χ4v) is 3.07. The van der Waals surface area contributed by atoms with Crippen LogP contribution in [0.2, 0.25) is 0 Å². The van der Waals surface area contributed by atoms with E-state index in [2.05, 4.69) is 40.0 Å². The second-order valence-corrected chi connectivity index (χ2v) is 6.62. The first-order chi connectivity index (χ1) is 9.65. The molecule has 1 aromatic rings. The van der Waals surface area contributed by atoms with E-state index in [-0.39, 0.29) is 6.04 Å². The van der Waals surface area contributed by atoms with Crippen molar-refractivity contribution in [2.45, 2.75) is 37.8 Å². The molecule has 4 heteroatoms. The summed E-state index contributed by atoms with van der Waals surface area (Å²) in [6, 6.07) is 8.37. The highest BCUT2D eigenvalue weighted by atomic mass is 79.9. The molecule has 2 rings (SSSR count). The van der Waals surface area contributed by atoms with E-state index in [1.807, 2.05) is 12.1 Å². The minimum Gasteiger partial charge on any atom is -0.377 e. The van der Waals surface area contributed by atoms with Gasteiger partial charge in [-0.05, 0) is 57.0 Å². The van der Waals surface area contributed by atoms with Crippen molar-refractivity contribution in [3.63, 3.8) is 0 Å². The number of nitrogens with zero attached hydrogens (tertiary/aromatic N) is 1. The maximum absolute atomic E-state index is 6.27. The van der Waals surface area contributed by atoms with Crippen LogP contribution >= 0.6 is 15.9 Å². The van der Waals surface area contributed by atoms with Crippen molar-refractivity contribution in [3.8, 4) is 0 Å². The molecule has 0 bridgehead atoms. The average Bonchev–Trinajstić information content (AvgIpc) is 2.46. The molecule has 0 amide bonds. The lowest BCUT2D eigenvalue weighted by Gasteiger charge is -2.28. The smallest absolute Gasteiger partial charge is 0.0701 e. The largest absolute Gasteiger partial charge is 0.377 e. The van der Waals surface area contributed by atoms with Gasteiger partial charge in [0.1, 0.15) is 0 Å². The molecule has 0 spiro atoms.